The lowest BCUT2D eigenvalue weighted by Gasteiger charge is -2.42. The molecule has 0 spiro atoms. The Labute approximate surface area is 239 Å². The smallest absolute Gasteiger partial charge is 0.334 e. The molecule has 2 aliphatic rings. The molecule has 2 aromatic rings. The van der Waals surface area contributed by atoms with Crippen LogP contribution >= 0.6 is 23.2 Å². The van der Waals surface area contributed by atoms with E-state index in [2.05, 4.69) is 16.0 Å². The van der Waals surface area contributed by atoms with Gasteiger partial charge >= 0.3 is 18.2 Å². The molecule has 4 rings (SSSR count). The third kappa shape index (κ3) is 7.10. The molecule has 0 saturated carbocycles. The van der Waals surface area contributed by atoms with Crippen molar-refractivity contribution in [1.82, 2.24) is 15.1 Å². The van der Waals surface area contributed by atoms with E-state index in [4.69, 9.17) is 28.9 Å². The summed E-state index contributed by atoms with van der Waals surface area (Å²) >= 11 is 11.9. The first kappa shape index (κ1) is 29.8. The molecule has 9 nitrogen and oxygen atoms in total. The number of benzene rings is 2. The molecule has 14 heteroatoms. The number of nitrogens with one attached hydrogen (secondary N) is 3. The van der Waals surface area contributed by atoms with Gasteiger partial charge < -0.3 is 31.5 Å². The highest BCUT2D eigenvalue weighted by Gasteiger charge is 2.47. The van der Waals surface area contributed by atoms with Crippen LogP contribution in [0.1, 0.15) is 31.2 Å². The minimum atomic E-state index is -4.49. The van der Waals surface area contributed by atoms with E-state index in [0.29, 0.717) is 48.0 Å². The molecular weight excluding hydrogens is 572 g/mol. The van der Waals surface area contributed by atoms with Crippen molar-refractivity contribution in [3.05, 3.63) is 58.1 Å². The van der Waals surface area contributed by atoms with E-state index in [1.165, 1.54) is 23.1 Å². The number of piperazine rings is 1. The van der Waals surface area contributed by atoms with Gasteiger partial charge in [-0.05, 0) is 74.7 Å². The number of carbonyl (C=O) groups is 3. The molecule has 216 valence electrons. The van der Waals surface area contributed by atoms with E-state index >= 15 is 0 Å². The molecule has 0 unspecified atom stereocenters. The molecule has 0 aliphatic carbocycles. The predicted octanol–water partition coefficient (Wildman–Crippen LogP) is 5.15. The fourth-order valence-corrected chi connectivity index (χ4v) is 5.29. The number of urea groups is 2. The van der Waals surface area contributed by atoms with Gasteiger partial charge in [0, 0.05) is 24.5 Å². The molecular formula is C26H29Cl2F3N6O3. The summed E-state index contributed by atoms with van der Waals surface area (Å²) in [4.78, 5) is 42.4. The Kier molecular flexibility index (Phi) is 9.32. The Bertz CT molecular complexity index is 1250. The minimum Gasteiger partial charge on any atom is -0.334 e. The molecule has 2 saturated heterocycles. The maximum Gasteiger partial charge on any atom is 0.416 e. The first-order valence-electron chi connectivity index (χ1n) is 12.7. The lowest BCUT2D eigenvalue weighted by Crippen LogP contribution is -2.62. The van der Waals surface area contributed by atoms with Gasteiger partial charge in [0.1, 0.15) is 6.04 Å². The van der Waals surface area contributed by atoms with Crippen molar-refractivity contribution in [2.24, 2.45) is 5.73 Å². The van der Waals surface area contributed by atoms with Gasteiger partial charge in [-0.25, -0.2) is 9.59 Å². The van der Waals surface area contributed by atoms with E-state index in [1.54, 1.807) is 17.0 Å². The summed E-state index contributed by atoms with van der Waals surface area (Å²) in [6.07, 6.45) is -2.41. The standard InChI is InChI=1S/C26H29Cl2F3N6O3/c27-20-9-8-17(12-21(20)28)33-24(39)34-18-11-19-14-37(22(3-1-2-10-32)23(38)36(19)13-18)25(40)35-16-6-4-15(5-7-16)26(29,30)31/h4-9,12,18-19,22H,1-3,10-11,13-14,32H2,(H,35,40)(H2,33,34,39)/t18-,19-,22-/m1/s1. The molecule has 0 bridgehead atoms. The van der Waals surface area contributed by atoms with Crippen molar-refractivity contribution in [3.63, 3.8) is 0 Å². The van der Waals surface area contributed by atoms with Crippen LogP contribution in [-0.2, 0) is 11.0 Å². The second-order valence-corrected chi connectivity index (χ2v) is 10.6. The average molecular weight is 601 g/mol. The van der Waals surface area contributed by atoms with Gasteiger partial charge in [0.05, 0.1) is 27.7 Å². The predicted molar refractivity (Wildman–Crippen MR) is 146 cm³/mol. The second kappa shape index (κ2) is 12.5. The summed E-state index contributed by atoms with van der Waals surface area (Å²) in [5.74, 6) is -0.245. The molecule has 0 aromatic heterocycles. The number of carbonyl (C=O) groups excluding carboxylic acids is 3. The largest absolute Gasteiger partial charge is 0.416 e. The molecule has 5 N–H and O–H groups in total. The van der Waals surface area contributed by atoms with Crippen LogP contribution in [0, 0.1) is 0 Å². The van der Waals surface area contributed by atoms with E-state index in [-0.39, 0.29) is 36.8 Å². The number of amides is 5. The number of anilines is 2. The van der Waals surface area contributed by atoms with Gasteiger partial charge in [-0.15, -0.1) is 0 Å². The Hall–Kier alpha value is -3.22. The van der Waals surface area contributed by atoms with E-state index < -0.39 is 29.8 Å². The van der Waals surface area contributed by atoms with Crippen LogP contribution < -0.4 is 21.7 Å². The van der Waals surface area contributed by atoms with Gasteiger partial charge in [0.25, 0.3) is 0 Å². The summed E-state index contributed by atoms with van der Waals surface area (Å²) < 4.78 is 38.7. The number of fused-ring (bicyclic) bond motifs is 1. The fraction of sp³-hybridized carbons (Fsp3) is 0.423. The number of alkyl halides is 3. The topological polar surface area (TPSA) is 120 Å². The average Bonchev–Trinajstić information content (AvgIpc) is 3.30. The van der Waals surface area contributed by atoms with Crippen LogP contribution in [0.15, 0.2) is 42.5 Å². The molecule has 2 heterocycles. The summed E-state index contributed by atoms with van der Waals surface area (Å²) in [6, 6.07) is 6.26. The van der Waals surface area contributed by atoms with Crippen LogP contribution in [0.3, 0.4) is 0 Å². The molecule has 3 atom stereocenters. The fourth-order valence-electron chi connectivity index (χ4n) is 4.99. The van der Waals surface area contributed by atoms with Crippen molar-refractivity contribution in [1.29, 1.82) is 0 Å². The Morgan fingerprint density at radius 2 is 1.68 bits per heavy atom. The van der Waals surface area contributed by atoms with Crippen molar-refractivity contribution in [2.75, 3.05) is 30.3 Å². The van der Waals surface area contributed by atoms with Crippen molar-refractivity contribution >= 4 is 52.5 Å². The van der Waals surface area contributed by atoms with Gasteiger partial charge in [-0.3, -0.25) is 4.79 Å². The van der Waals surface area contributed by atoms with Crippen LogP contribution in [0.2, 0.25) is 10.0 Å². The number of halogens is 5. The maximum absolute atomic E-state index is 13.5. The Morgan fingerprint density at radius 3 is 2.33 bits per heavy atom. The van der Waals surface area contributed by atoms with Crippen LogP contribution in [0.5, 0.6) is 0 Å². The second-order valence-electron chi connectivity index (χ2n) is 9.76. The molecule has 0 radical (unpaired) electrons. The zero-order valence-electron chi connectivity index (χ0n) is 21.3. The van der Waals surface area contributed by atoms with Crippen molar-refractivity contribution in [3.8, 4) is 0 Å². The summed E-state index contributed by atoms with van der Waals surface area (Å²) in [7, 11) is 0. The number of nitrogens with zero attached hydrogens (tertiary/aromatic N) is 2. The first-order chi connectivity index (χ1) is 19.0. The minimum absolute atomic E-state index is 0.179. The molecule has 2 aromatic carbocycles. The van der Waals surface area contributed by atoms with Gasteiger partial charge in [0.2, 0.25) is 5.91 Å². The van der Waals surface area contributed by atoms with Crippen LogP contribution in [0.25, 0.3) is 0 Å². The zero-order valence-corrected chi connectivity index (χ0v) is 22.8. The third-order valence-electron chi connectivity index (χ3n) is 6.93. The molecule has 5 amide bonds. The van der Waals surface area contributed by atoms with Crippen LogP contribution in [0.4, 0.5) is 34.1 Å². The summed E-state index contributed by atoms with van der Waals surface area (Å²) in [6.45, 7) is 0.920. The summed E-state index contributed by atoms with van der Waals surface area (Å²) in [5.41, 5.74) is 5.41. The SMILES string of the molecule is NCCCC[C@@H]1C(=O)N2C[C@H](NC(=O)Nc3ccc(Cl)c(Cl)c3)C[C@@H]2CN1C(=O)Nc1ccc(C(F)(F)F)cc1. The van der Waals surface area contributed by atoms with E-state index in [1.807, 2.05) is 0 Å². The van der Waals surface area contributed by atoms with Gasteiger partial charge in [-0.1, -0.05) is 23.2 Å². The number of hydrogen-bond donors (Lipinski definition) is 4. The van der Waals surface area contributed by atoms with Crippen molar-refractivity contribution < 1.29 is 27.6 Å². The highest BCUT2D eigenvalue weighted by molar-refractivity contribution is 6.42. The van der Waals surface area contributed by atoms with E-state index in [0.717, 1.165) is 12.1 Å². The highest BCUT2D eigenvalue weighted by Crippen LogP contribution is 2.31. The van der Waals surface area contributed by atoms with Crippen molar-refractivity contribution in [2.45, 2.75) is 50.0 Å². The molecule has 2 fully saturated rings. The first-order valence-corrected chi connectivity index (χ1v) is 13.5. The van der Waals surface area contributed by atoms with Gasteiger partial charge in [-0.2, -0.15) is 13.2 Å². The zero-order chi connectivity index (χ0) is 29.0. The lowest BCUT2D eigenvalue weighted by molar-refractivity contribution is -0.142. The Balaban J connectivity index is 1.42. The quantitative estimate of drug-likeness (QED) is 0.329. The van der Waals surface area contributed by atoms with Gasteiger partial charge in [0.15, 0.2) is 0 Å². The highest BCUT2D eigenvalue weighted by atomic mass is 35.5. The third-order valence-corrected chi connectivity index (χ3v) is 7.67. The normalized spacial score (nSPS) is 20.8. The Morgan fingerprint density at radius 1 is 0.975 bits per heavy atom. The number of rotatable bonds is 7. The summed E-state index contributed by atoms with van der Waals surface area (Å²) in [5, 5.41) is 8.80. The van der Waals surface area contributed by atoms with E-state index in [9.17, 15) is 27.6 Å². The number of unbranched alkanes of at least 4 members (excludes halogenated alkanes) is 1. The van der Waals surface area contributed by atoms with Crippen LogP contribution in [-0.4, -0.2) is 65.5 Å². The molecule has 2 aliphatic heterocycles. The lowest BCUT2D eigenvalue weighted by atomic mass is 10.0. The maximum atomic E-state index is 13.5. The number of nitrogens with two attached hydrogens (primary N) is 1. The molecule has 40 heavy (non-hydrogen) atoms. The monoisotopic (exact) mass is 600 g/mol. The number of hydrogen-bond acceptors (Lipinski definition) is 4.